The average molecular weight is 214 g/mol. The highest BCUT2D eigenvalue weighted by Gasteiger charge is 2.25. The van der Waals surface area contributed by atoms with Crippen LogP contribution in [0.15, 0.2) is 24.3 Å². The number of hydrogen-bond donors (Lipinski definition) is 1. The predicted octanol–water partition coefficient (Wildman–Crippen LogP) is 1.14. The van der Waals surface area contributed by atoms with E-state index < -0.39 is 0 Å². The topological polar surface area (TPSA) is 32.3 Å². The van der Waals surface area contributed by atoms with E-state index in [1.807, 2.05) is 31.2 Å². The molecule has 0 saturated heterocycles. The van der Waals surface area contributed by atoms with Crippen LogP contribution in [0.1, 0.15) is 12.5 Å². The molecular weight excluding hydrogens is 200 g/mol. The molecule has 1 aliphatic heterocycles. The Morgan fingerprint density at radius 2 is 2.31 bits per heavy atom. The number of nitrogens with zero attached hydrogens (tertiary/aromatic N) is 1. The molecule has 1 aliphatic rings. The second-order valence-electron chi connectivity index (χ2n) is 3.86. The van der Waals surface area contributed by atoms with Crippen LogP contribution in [-0.4, -0.2) is 18.5 Å². The van der Waals surface area contributed by atoms with Gasteiger partial charge in [0.05, 0.1) is 12.6 Å². The molecule has 16 heavy (non-hydrogen) atoms. The zero-order chi connectivity index (χ0) is 11.5. The fourth-order valence-corrected chi connectivity index (χ4v) is 1.88. The average Bonchev–Trinajstić information content (AvgIpc) is 2.42. The second kappa shape index (κ2) is 4.38. The van der Waals surface area contributed by atoms with Crippen LogP contribution in [0.5, 0.6) is 0 Å². The zero-order valence-electron chi connectivity index (χ0n) is 9.23. The maximum atomic E-state index is 12.1. The lowest BCUT2D eigenvalue weighted by Crippen LogP contribution is -2.42. The van der Waals surface area contributed by atoms with Crippen molar-refractivity contribution < 1.29 is 4.79 Å². The van der Waals surface area contributed by atoms with E-state index in [0.717, 1.165) is 11.3 Å². The van der Waals surface area contributed by atoms with Crippen LogP contribution in [0.3, 0.4) is 0 Å². The van der Waals surface area contributed by atoms with E-state index in [0.29, 0.717) is 13.1 Å². The molecule has 0 saturated carbocycles. The molecule has 3 nitrogen and oxygen atoms in total. The van der Waals surface area contributed by atoms with Gasteiger partial charge in [0, 0.05) is 12.2 Å². The molecule has 82 valence electrons. The minimum absolute atomic E-state index is 0.0305. The van der Waals surface area contributed by atoms with Crippen molar-refractivity contribution in [2.75, 3.05) is 11.4 Å². The molecule has 1 unspecified atom stereocenters. The number of anilines is 1. The first-order valence-corrected chi connectivity index (χ1v) is 5.30. The Morgan fingerprint density at radius 1 is 1.56 bits per heavy atom. The van der Waals surface area contributed by atoms with Crippen LogP contribution in [0.25, 0.3) is 0 Å². The Labute approximate surface area is 95.5 Å². The van der Waals surface area contributed by atoms with Crippen molar-refractivity contribution in [2.24, 2.45) is 0 Å². The smallest absolute Gasteiger partial charge is 0.244 e. The largest absolute Gasteiger partial charge is 0.302 e. The van der Waals surface area contributed by atoms with E-state index in [4.69, 9.17) is 6.42 Å². The van der Waals surface area contributed by atoms with Gasteiger partial charge in [0.25, 0.3) is 0 Å². The lowest BCUT2D eigenvalue weighted by molar-refractivity contribution is -0.119. The molecule has 0 aromatic heterocycles. The summed E-state index contributed by atoms with van der Waals surface area (Å²) in [6.07, 6.45) is 5.31. The Kier molecular flexibility index (Phi) is 2.93. The molecule has 1 heterocycles. The van der Waals surface area contributed by atoms with E-state index in [1.54, 1.807) is 4.90 Å². The molecule has 0 bridgehead atoms. The summed E-state index contributed by atoms with van der Waals surface area (Å²) in [6.45, 7) is 2.88. The van der Waals surface area contributed by atoms with Gasteiger partial charge >= 0.3 is 0 Å². The van der Waals surface area contributed by atoms with Crippen LogP contribution in [0.2, 0.25) is 0 Å². The quantitative estimate of drug-likeness (QED) is 0.711. The maximum absolute atomic E-state index is 12.1. The Hall–Kier alpha value is -1.79. The number of carbonyl (C=O) groups is 1. The van der Waals surface area contributed by atoms with Gasteiger partial charge in [0.2, 0.25) is 5.91 Å². The van der Waals surface area contributed by atoms with Gasteiger partial charge in [0.1, 0.15) is 0 Å². The first kappa shape index (κ1) is 10.7. The molecule has 1 N–H and O–H groups in total. The molecular formula is C13H14N2O. The fourth-order valence-electron chi connectivity index (χ4n) is 1.88. The molecule has 0 spiro atoms. The summed E-state index contributed by atoms with van der Waals surface area (Å²) < 4.78 is 0. The van der Waals surface area contributed by atoms with Gasteiger partial charge in [-0.2, -0.15) is 0 Å². The van der Waals surface area contributed by atoms with Crippen molar-refractivity contribution in [3.8, 4) is 12.3 Å². The number of hydrogen-bond acceptors (Lipinski definition) is 2. The summed E-state index contributed by atoms with van der Waals surface area (Å²) in [7, 11) is 0. The number of fused-ring (bicyclic) bond motifs is 1. The number of rotatable bonds is 1. The summed E-state index contributed by atoms with van der Waals surface area (Å²) in [5, 5.41) is 3.18. The molecule has 1 atom stereocenters. The van der Waals surface area contributed by atoms with Gasteiger partial charge in [-0.15, -0.1) is 6.42 Å². The van der Waals surface area contributed by atoms with Crippen LogP contribution in [0.4, 0.5) is 5.69 Å². The van der Waals surface area contributed by atoms with Crippen LogP contribution >= 0.6 is 0 Å². The van der Waals surface area contributed by atoms with Crippen LogP contribution in [-0.2, 0) is 11.3 Å². The Bertz CT molecular complexity index is 447. The van der Waals surface area contributed by atoms with Gasteiger partial charge in [-0.1, -0.05) is 24.1 Å². The first-order valence-electron chi connectivity index (χ1n) is 5.30. The molecule has 1 amide bonds. The molecule has 0 fully saturated rings. The lowest BCUT2D eigenvalue weighted by Gasteiger charge is -2.21. The zero-order valence-corrected chi connectivity index (χ0v) is 9.23. The monoisotopic (exact) mass is 214 g/mol. The van der Waals surface area contributed by atoms with Crippen molar-refractivity contribution >= 4 is 11.6 Å². The highest BCUT2D eigenvalue weighted by Crippen LogP contribution is 2.23. The van der Waals surface area contributed by atoms with Gasteiger partial charge in [-0.25, -0.2) is 0 Å². The lowest BCUT2D eigenvalue weighted by atomic mass is 10.1. The highest BCUT2D eigenvalue weighted by molar-refractivity contribution is 5.98. The summed E-state index contributed by atoms with van der Waals surface area (Å²) >= 11 is 0. The maximum Gasteiger partial charge on any atom is 0.244 e. The van der Waals surface area contributed by atoms with Crippen LogP contribution < -0.4 is 10.2 Å². The number of amides is 1. The Morgan fingerprint density at radius 3 is 3.06 bits per heavy atom. The van der Waals surface area contributed by atoms with Crippen molar-refractivity contribution in [3.05, 3.63) is 29.8 Å². The molecule has 0 radical (unpaired) electrons. The number of carbonyl (C=O) groups excluding carboxylic acids is 1. The van der Waals surface area contributed by atoms with E-state index in [2.05, 4.69) is 11.2 Å². The molecule has 1 aromatic carbocycles. The van der Waals surface area contributed by atoms with E-state index >= 15 is 0 Å². The predicted molar refractivity (Wildman–Crippen MR) is 63.9 cm³/mol. The SMILES string of the molecule is C#CCN1C(=O)C(C)NCc2ccccc21. The number of benzene rings is 1. The number of terminal acetylenes is 1. The van der Waals surface area contributed by atoms with Crippen LogP contribution in [0, 0.1) is 12.3 Å². The minimum atomic E-state index is -0.194. The molecule has 2 rings (SSSR count). The van der Waals surface area contributed by atoms with Gasteiger partial charge in [-0.05, 0) is 18.6 Å². The third-order valence-electron chi connectivity index (χ3n) is 2.77. The third kappa shape index (κ3) is 1.80. The van der Waals surface area contributed by atoms with Gasteiger partial charge < -0.3 is 5.32 Å². The van der Waals surface area contributed by atoms with Crippen molar-refractivity contribution in [1.29, 1.82) is 0 Å². The number of nitrogens with one attached hydrogen (secondary N) is 1. The molecule has 0 aliphatic carbocycles. The molecule has 3 heteroatoms. The van der Waals surface area contributed by atoms with Gasteiger partial charge in [0.15, 0.2) is 0 Å². The van der Waals surface area contributed by atoms with E-state index in [-0.39, 0.29) is 11.9 Å². The summed E-state index contributed by atoms with van der Waals surface area (Å²) in [5.41, 5.74) is 2.03. The van der Waals surface area contributed by atoms with E-state index in [9.17, 15) is 4.79 Å². The van der Waals surface area contributed by atoms with Gasteiger partial charge in [-0.3, -0.25) is 9.69 Å². The summed E-state index contributed by atoms with van der Waals surface area (Å²) in [4.78, 5) is 13.7. The second-order valence-corrected chi connectivity index (χ2v) is 3.86. The standard InChI is InChI=1S/C13H14N2O/c1-3-8-15-12-7-5-4-6-11(12)9-14-10(2)13(15)16/h1,4-7,10,14H,8-9H2,2H3. The molecule has 1 aromatic rings. The normalized spacial score (nSPS) is 19.9. The minimum Gasteiger partial charge on any atom is -0.302 e. The van der Waals surface area contributed by atoms with Crippen molar-refractivity contribution in [3.63, 3.8) is 0 Å². The summed E-state index contributed by atoms with van der Waals surface area (Å²) in [6, 6.07) is 7.64. The summed E-state index contributed by atoms with van der Waals surface area (Å²) in [5.74, 6) is 2.56. The third-order valence-corrected chi connectivity index (χ3v) is 2.77. The van der Waals surface area contributed by atoms with E-state index in [1.165, 1.54) is 0 Å². The van der Waals surface area contributed by atoms with Crippen molar-refractivity contribution in [2.45, 2.75) is 19.5 Å². The Balaban J connectivity index is 2.45. The highest BCUT2D eigenvalue weighted by atomic mass is 16.2. The fraction of sp³-hybridized carbons (Fsp3) is 0.308. The first-order chi connectivity index (χ1) is 7.74. The number of para-hydroxylation sites is 1. The van der Waals surface area contributed by atoms with Crippen molar-refractivity contribution in [1.82, 2.24) is 5.32 Å².